The van der Waals surface area contributed by atoms with Gasteiger partial charge in [-0.2, -0.15) is 0 Å². The molecule has 1 heterocycles. The van der Waals surface area contributed by atoms with E-state index in [4.69, 9.17) is 5.73 Å². The topological polar surface area (TPSA) is 94.9 Å². The molecule has 0 atom stereocenters. The van der Waals surface area contributed by atoms with Crippen molar-refractivity contribution in [1.82, 2.24) is 9.97 Å². The quantitative estimate of drug-likeness (QED) is 0.660. The third kappa shape index (κ3) is 2.51. The number of nitro groups is 1. The molecule has 0 spiro atoms. The molecule has 7 heteroatoms. The molecule has 1 aromatic heterocycles. The molecule has 0 amide bonds. The van der Waals surface area contributed by atoms with Crippen molar-refractivity contribution in [2.45, 2.75) is 9.92 Å². The van der Waals surface area contributed by atoms with Crippen molar-refractivity contribution in [1.29, 1.82) is 0 Å². The number of nitrogen functional groups attached to an aromatic ring is 1. The lowest BCUT2D eigenvalue weighted by atomic mass is 10.3. The van der Waals surface area contributed by atoms with Crippen molar-refractivity contribution in [3.63, 3.8) is 0 Å². The van der Waals surface area contributed by atoms with E-state index in [2.05, 4.69) is 9.97 Å². The van der Waals surface area contributed by atoms with Crippen LogP contribution in [0.2, 0.25) is 0 Å². The van der Waals surface area contributed by atoms with Gasteiger partial charge in [0.25, 0.3) is 5.69 Å². The molecule has 2 aromatic rings. The summed E-state index contributed by atoms with van der Waals surface area (Å²) in [5.74, 6) is 0.260. The van der Waals surface area contributed by atoms with Crippen LogP contribution in [0, 0.1) is 10.1 Å². The van der Waals surface area contributed by atoms with Crippen LogP contribution in [0.15, 0.2) is 46.6 Å². The first-order valence-electron chi connectivity index (χ1n) is 4.66. The largest absolute Gasteiger partial charge is 0.381 e. The lowest BCUT2D eigenvalue weighted by molar-refractivity contribution is -0.387. The summed E-state index contributed by atoms with van der Waals surface area (Å²) < 4.78 is 0. The van der Waals surface area contributed by atoms with Crippen molar-refractivity contribution < 1.29 is 4.92 Å². The zero-order valence-corrected chi connectivity index (χ0v) is 9.42. The van der Waals surface area contributed by atoms with Gasteiger partial charge in [-0.1, -0.05) is 23.9 Å². The van der Waals surface area contributed by atoms with E-state index in [1.165, 1.54) is 18.5 Å². The minimum Gasteiger partial charge on any atom is -0.381 e. The minimum atomic E-state index is -0.436. The van der Waals surface area contributed by atoms with E-state index >= 15 is 0 Å². The maximum atomic E-state index is 10.8. The van der Waals surface area contributed by atoms with Crippen LogP contribution >= 0.6 is 11.8 Å². The Morgan fingerprint density at radius 3 is 2.65 bits per heavy atom. The second-order valence-corrected chi connectivity index (χ2v) is 4.10. The number of nitro benzene ring substituents is 1. The van der Waals surface area contributed by atoms with E-state index < -0.39 is 4.92 Å². The Kier molecular flexibility index (Phi) is 3.20. The van der Waals surface area contributed by atoms with Crippen LogP contribution in [0.1, 0.15) is 0 Å². The lowest BCUT2D eigenvalue weighted by Crippen LogP contribution is -1.95. The maximum absolute atomic E-state index is 10.8. The SMILES string of the molecule is Nc1nccnc1Sc1ccccc1[N+](=O)[O-]. The molecule has 86 valence electrons. The molecule has 0 radical (unpaired) electrons. The van der Waals surface area contributed by atoms with Crippen LogP contribution < -0.4 is 5.73 Å². The Balaban J connectivity index is 2.37. The van der Waals surface area contributed by atoms with E-state index in [0.29, 0.717) is 9.92 Å². The molecule has 0 aliphatic heterocycles. The molecule has 0 bridgehead atoms. The fraction of sp³-hybridized carbons (Fsp3) is 0. The van der Waals surface area contributed by atoms with Crippen LogP contribution in [0.25, 0.3) is 0 Å². The number of anilines is 1. The highest BCUT2D eigenvalue weighted by atomic mass is 32.2. The van der Waals surface area contributed by atoms with Gasteiger partial charge in [-0.05, 0) is 6.07 Å². The summed E-state index contributed by atoms with van der Waals surface area (Å²) >= 11 is 1.13. The highest BCUT2D eigenvalue weighted by Crippen LogP contribution is 2.34. The number of nitrogens with zero attached hydrogens (tertiary/aromatic N) is 3. The van der Waals surface area contributed by atoms with Crippen molar-refractivity contribution in [2.24, 2.45) is 0 Å². The smallest absolute Gasteiger partial charge is 0.283 e. The van der Waals surface area contributed by atoms with Crippen molar-refractivity contribution in [2.75, 3.05) is 5.73 Å². The summed E-state index contributed by atoms with van der Waals surface area (Å²) in [6, 6.07) is 6.43. The Labute approximate surface area is 101 Å². The molecule has 17 heavy (non-hydrogen) atoms. The van der Waals surface area contributed by atoms with E-state index in [0.717, 1.165) is 11.8 Å². The first-order chi connectivity index (χ1) is 8.18. The molecule has 2 rings (SSSR count). The zero-order chi connectivity index (χ0) is 12.3. The molecule has 6 nitrogen and oxygen atoms in total. The molecular weight excluding hydrogens is 240 g/mol. The first-order valence-corrected chi connectivity index (χ1v) is 5.48. The molecule has 2 N–H and O–H groups in total. The van der Waals surface area contributed by atoms with E-state index in [-0.39, 0.29) is 11.5 Å². The summed E-state index contributed by atoms with van der Waals surface area (Å²) in [4.78, 5) is 18.8. The number of benzene rings is 1. The average Bonchev–Trinajstić information content (AvgIpc) is 2.32. The van der Waals surface area contributed by atoms with Gasteiger partial charge in [0.2, 0.25) is 0 Å². The van der Waals surface area contributed by atoms with E-state index in [1.807, 2.05) is 0 Å². The predicted octanol–water partition coefficient (Wildman–Crippen LogP) is 2.12. The maximum Gasteiger partial charge on any atom is 0.283 e. The van der Waals surface area contributed by atoms with Gasteiger partial charge in [0.05, 0.1) is 9.82 Å². The van der Waals surface area contributed by atoms with Gasteiger partial charge in [-0.3, -0.25) is 10.1 Å². The Morgan fingerprint density at radius 2 is 1.94 bits per heavy atom. The van der Waals surface area contributed by atoms with Gasteiger partial charge < -0.3 is 5.73 Å². The number of para-hydroxylation sites is 1. The van der Waals surface area contributed by atoms with Crippen LogP contribution in [0.4, 0.5) is 11.5 Å². The molecule has 0 saturated carbocycles. The van der Waals surface area contributed by atoms with Gasteiger partial charge in [0.15, 0.2) is 5.82 Å². The Hall–Kier alpha value is -2.15. The van der Waals surface area contributed by atoms with E-state index in [1.54, 1.807) is 18.2 Å². The van der Waals surface area contributed by atoms with Crippen LogP contribution in [0.3, 0.4) is 0 Å². The molecule has 0 fully saturated rings. The first kappa shape index (κ1) is 11.3. The lowest BCUT2D eigenvalue weighted by Gasteiger charge is -2.03. The van der Waals surface area contributed by atoms with Gasteiger partial charge in [0, 0.05) is 18.5 Å². The highest BCUT2D eigenvalue weighted by molar-refractivity contribution is 7.99. The van der Waals surface area contributed by atoms with Gasteiger partial charge in [-0.15, -0.1) is 0 Å². The van der Waals surface area contributed by atoms with Crippen LogP contribution in [-0.2, 0) is 0 Å². The van der Waals surface area contributed by atoms with Crippen molar-refractivity contribution >= 4 is 23.3 Å². The number of nitrogens with two attached hydrogens (primary N) is 1. The molecule has 1 aromatic carbocycles. The van der Waals surface area contributed by atoms with Crippen LogP contribution in [0.5, 0.6) is 0 Å². The summed E-state index contributed by atoms with van der Waals surface area (Å²) in [5, 5.41) is 11.3. The number of hydrogen-bond donors (Lipinski definition) is 1. The molecule has 0 aliphatic rings. The minimum absolute atomic E-state index is 0.0301. The van der Waals surface area contributed by atoms with E-state index in [9.17, 15) is 10.1 Å². The van der Waals surface area contributed by atoms with Crippen molar-refractivity contribution in [3.05, 3.63) is 46.8 Å². The third-order valence-electron chi connectivity index (χ3n) is 1.96. The average molecular weight is 248 g/mol. The molecule has 0 unspecified atom stereocenters. The number of hydrogen-bond acceptors (Lipinski definition) is 6. The summed E-state index contributed by atoms with van der Waals surface area (Å²) in [6.07, 6.45) is 2.96. The Bertz CT molecular complexity index is 562. The normalized spacial score (nSPS) is 10.1. The summed E-state index contributed by atoms with van der Waals surface area (Å²) in [7, 11) is 0. The zero-order valence-electron chi connectivity index (χ0n) is 8.61. The summed E-state index contributed by atoms with van der Waals surface area (Å²) in [6.45, 7) is 0. The number of rotatable bonds is 3. The monoisotopic (exact) mass is 248 g/mol. The standard InChI is InChI=1S/C10H8N4O2S/c11-9-10(13-6-5-12-9)17-8-4-2-1-3-7(8)14(15)16/h1-6H,(H2,11,12). The van der Waals surface area contributed by atoms with Crippen molar-refractivity contribution in [3.8, 4) is 0 Å². The second-order valence-electron chi connectivity index (χ2n) is 3.07. The fourth-order valence-electron chi connectivity index (χ4n) is 1.21. The number of aromatic nitrogens is 2. The third-order valence-corrected chi connectivity index (χ3v) is 3.03. The second kappa shape index (κ2) is 4.79. The summed E-state index contributed by atoms with van der Waals surface area (Å²) in [5.41, 5.74) is 5.66. The highest BCUT2D eigenvalue weighted by Gasteiger charge is 2.15. The van der Waals surface area contributed by atoms with Gasteiger partial charge in [-0.25, -0.2) is 9.97 Å². The Morgan fingerprint density at radius 1 is 1.24 bits per heavy atom. The molecule has 0 saturated heterocycles. The van der Waals surface area contributed by atoms with Gasteiger partial charge in [0.1, 0.15) is 5.03 Å². The van der Waals surface area contributed by atoms with Gasteiger partial charge >= 0.3 is 0 Å². The predicted molar refractivity (Wildman–Crippen MR) is 63.7 cm³/mol. The molecular formula is C10H8N4O2S. The molecule has 0 aliphatic carbocycles. The fourth-order valence-corrected chi connectivity index (χ4v) is 2.09. The van der Waals surface area contributed by atoms with Crippen LogP contribution in [-0.4, -0.2) is 14.9 Å².